The van der Waals surface area contributed by atoms with Crippen LogP contribution in [0.5, 0.6) is 0 Å². The van der Waals surface area contributed by atoms with E-state index >= 15 is 0 Å². The summed E-state index contributed by atoms with van der Waals surface area (Å²) in [5.41, 5.74) is 2.04. The van der Waals surface area contributed by atoms with Crippen molar-refractivity contribution in [3.8, 4) is 0 Å². The first-order valence-electron chi connectivity index (χ1n) is 4.96. The van der Waals surface area contributed by atoms with E-state index in [0.717, 1.165) is 16.6 Å². The van der Waals surface area contributed by atoms with E-state index in [2.05, 4.69) is 4.98 Å². The lowest BCUT2D eigenvalue weighted by atomic mass is 10.0. The molecule has 0 spiro atoms. The van der Waals surface area contributed by atoms with Crippen molar-refractivity contribution in [2.75, 3.05) is 0 Å². The number of carboxylic acids is 1. The zero-order valence-electron chi connectivity index (χ0n) is 8.53. The molecule has 2 aromatic rings. The molecule has 0 aliphatic carbocycles. The maximum absolute atomic E-state index is 10.6. The molecule has 0 radical (unpaired) electrons. The Labute approximate surface area is 87.7 Å². The number of rotatable bonds is 3. The zero-order valence-corrected chi connectivity index (χ0v) is 8.53. The minimum absolute atomic E-state index is 0.0231. The van der Waals surface area contributed by atoms with E-state index in [-0.39, 0.29) is 12.3 Å². The van der Waals surface area contributed by atoms with Crippen molar-refractivity contribution < 1.29 is 9.90 Å². The molecule has 0 aliphatic rings. The minimum atomic E-state index is -0.763. The van der Waals surface area contributed by atoms with Gasteiger partial charge in [-0.1, -0.05) is 25.1 Å². The van der Waals surface area contributed by atoms with Crippen LogP contribution in [0.4, 0.5) is 0 Å². The Morgan fingerprint density at radius 3 is 2.87 bits per heavy atom. The average Bonchev–Trinajstić information content (AvgIpc) is 2.59. The molecule has 1 heterocycles. The molecule has 1 aromatic heterocycles. The molecule has 15 heavy (non-hydrogen) atoms. The van der Waals surface area contributed by atoms with Gasteiger partial charge in [-0.2, -0.15) is 0 Å². The number of benzene rings is 1. The highest BCUT2D eigenvalue weighted by Crippen LogP contribution is 2.23. The Morgan fingerprint density at radius 1 is 1.47 bits per heavy atom. The first kappa shape index (κ1) is 9.77. The van der Waals surface area contributed by atoms with Gasteiger partial charge < -0.3 is 10.1 Å². The molecule has 3 heteroatoms. The van der Waals surface area contributed by atoms with E-state index < -0.39 is 5.97 Å². The summed E-state index contributed by atoms with van der Waals surface area (Å²) in [5, 5.41) is 9.84. The minimum Gasteiger partial charge on any atom is -0.481 e. The van der Waals surface area contributed by atoms with Gasteiger partial charge >= 0.3 is 5.97 Å². The molecule has 0 aliphatic heterocycles. The molecule has 2 rings (SSSR count). The van der Waals surface area contributed by atoms with E-state index in [1.165, 1.54) is 0 Å². The van der Waals surface area contributed by atoms with E-state index in [1.807, 2.05) is 37.3 Å². The third kappa shape index (κ3) is 2.01. The van der Waals surface area contributed by atoms with Crippen LogP contribution in [0, 0.1) is 0 Å². The van der Waals surface area contributed by atoms with Crippen molar-refractivity contribution in [1.82, 2.24) is 4.98 Å². The Bertz CT molecular complexity index is 454. The van der Waals surface area contributed by atoms with Crippen LogP contribution in [0.15, 0.2) is 30.3 Å². The summed E-state index contributed by atoms with van der Waals surface area (Å²) in [6.07, 6.45) is 0.160. The van der Waals surface area contributed by atoms with Crippen LogP contribution in [-0.4, -0.2) is 16.1 Å². The summed E-state index contributed by atoms with van der Waals surface area (Å²) in [6.45, 7) is 1.92. The maximum Gasteiger partial charge on any atom is 0.304 e. The fourth-order valence-corrected chi connectivity index (χ4v) is 1.73. The van der Waals surface area contributed by atoms with Crippen molar-refractivity contribution in [2.24, 2.45) is 0 Å². The van der Waals surface area contributed by atoms with E-state index in [1.54, 1.807) is 0 Å². The summed E-state index contributed by atoms with van der Waals surface area (Å²) in [6, 6.07) is 9.96. The molecule has 1 aromatic carbocycles. The number of aromatic amines is 1. The van der Waals surface area contributed by atoms with Gasteiger partial charge in [-0.15, -0.1) is 0 Å². The summed E-state index contributed by atoms with van der Waals surface area (Å²) >= 11 is 0. The predicted molar refractivity (Wildman–Crippen MR) is 59.0 cm³/mol. The molecular weight excluding hydrogens is 190 g/mol. The monoisotopic (exact) mass is 203 g/mol. The molecule has 0 amide bonds. The van der Waals surface area contributed by atoms with E-state index in [4.69, 9.17) is 5.11 Å². The first-order valence-corrected chi connectivity index (χ1v) is 4.96. The largest absolute Gasteiger partial charge is 0.481 e. The lowest BCUT2D eigenvalue weighted by molar-refractivity contribution is -0.137. The number of aromatic nitrogens is 1. The molecule has 3 nitrogen and oxygen atoms in total. The molecule has 0 saturated heterocycles. The highest BCUT2D eigenvalue weighted by molar-refractivity contribution is 5.80. The number of hydrogen-bond acceptors (Lipinski definition) is 1. The summed E-state index contributed by atoms with van der Waals surface area (Å²) < 4.78 is 0. The van der Waals surface area contributed by atoms with E-state index in [9.17, 15) is 4.79 Å². The Morgan fingerprint density at radius 2 is 2.20 bits per heavy atom. The Kier molecular flexibility index (Phi) is 2.46. The van der Waals surface area contributed by atoms with Crippen LogP contribution in [-0.2, 0) is 4.79 Å². The van der Waals surface area contributed by atoms with Gasteiger partial charge in [0.05, 0.1) is 6.42 Å². The molecule has 78 valence electrons. The first-order chi connectivity index (χ1) is 7.16. The molecule has 2 N–H and O–H groups in total. The van der Waals surface area contributed by atoms with Crippen LogP contribution >= 0.6 is 0 Å². The lowest BCUT2D eigenvalue weighted by Crippen LogP contribution is -2.02. The summed E-state index contributed by atoms with van der Waals surface area (Å²) in [5.74, 6) is -0.740. The fraction of sp³-hybridized carbons (Fsp3) is 0.250. The normalized spacial score (nSPS) is 12.9. The highest BCUT2D eigenvalue weighted by atomic mass is 16.4. The number of carbonyl (C=O) groups is 1. The van der Waals surface area contributed by atoms with Crippen LogP contribution < -0.4 is 0 Å². The summed E-state index contributed by atoms with van der Waals surface area (Å²) in [7, 11) is 0. The number of fused-ring (bicyclic) bond motifs is 1. The average molecular weight is 203 g/mol. The van der Waals surface area contributed by atoms with E-state index in [0.29, 0.717) is 0 Å². The van der Waals surface area contributed by atoms with Gasteiger partial charge in [-0.25, -0.2) is 0 Å². The molecule has 1 atom stereocenters. The van der Waals surface area contributed by atoms with Crippen LogP contribution in [0.3, 0.4) is 0 Å². The van der Waals surface area contributed by atoms with Crippen molar-refractivity contribution >= 4 is 16.9 Å². The number of hydrogen-bond donors (Lipinski definition) is 2. The molecule has 0 saturated carbocycles. The van der Waals surface area contributed by atoms with Gasteiger partial charge in [0.15, 0.2) is 0 Å². The second kappa shape index (κ2) is 3.77. The van der Waals surface area contributed by atoms with Gasteiger partial charge in [0.1, 0.15) is 0 Å². The zero-order chi connectivity index (χ0) is 10.8. The number of para-hydroxylation sites is 1. The van der Waals surface area contributed by atoms with Crippen molar-refractivity contribution in [3.63, 3.8) is 0 Å². The van der Waals surface area contributed by atoms with Gasteiger partial charge in [-0.3, -0.25) is 4.79 Å². The molecule has 0 unspecified atom stereocenters. The maximum atomic E-state index is 10.6. The van der Waals surface area contributed by atoms with Gasteiger partial charge in [0.25, 0.3) is 0 Å². The standard InChI is InChI=1S/C12H13NO2/c1-8(6-12(14)15)11-7-9-4-2-3-5-10(9)13-11/h2-5,7-8,13H,6H2,1H3,(H,14,15)/t8-/m1/s1. The fourth-order valence-electron chi connectivity index (χ4n) is 1.73. The number of carboxylic acid groups (broad SMARTS) is 1. The van der Waals surface area contributed by atoms with Gasteiger partial charge in [0, 0.05) is 17.1 Å². The number of H-pyrrole nitrogens is 1. The van der Waals surface area contributed by atoms with Gasteiger partial charge in [-0.05, 0) is 17.5 Å². The van der Waals surface area contributed by atoms with Crippen molar-refractivity contribution in [1.29, 1.82) is 0 Å². The SMILES string of the molecule is C[C@H](CC(=O)O)c1cc2ccccc2[nH]1. The highest BCUT2D eigenvalue weighted by Gasteiger charge is 2.12. The van der Waals surface area contributed by atoms with Gasteiger partial charge in [0.2, 0.25) is 0 Å². The molecular formula is C12H13NO2. The Balaban J connectivity index is 2.32. The van der Waals surface area contributed by atoms with Crippen molar-refractivity contribution in [2.45, 2.75) is 19.3 Å². The van der Waals surface area contributed by atoms with Crippen LogP contribution in [0.25, 0.3) is 10.9 Å². The second-order valence-corrected chi connectivity index (χ2v) is 3.81. The summed E-state index contributed by atoms with van der Waals surface area (Å²) in [4.78, 5) is 13.8. The second-order valence-electron chi connectivity index (χ2n) is 3.81. The van der Waals surface area contributed by atoms with Crippen LogP contribution in [0.2, 0.25) is 0 Å². The molecule has 0 fully saturated rings. The predicted octanol–water partition coefficient (Wildman–Crippen LogP) is 2.75. The Hall–Kier alpha value is -1.77. The topological polar surface area (TPSA) is 53.1 Å². The van der Waals surface area contributed by atoms with Crippen molar-refractivity contribution in [3.05, 3.63) is 36.0 Å². The van der Waals surface area contributed by atoms with Crippen LogP contribution in [0.1, 0.15) is 25.0 Å². The third-order valence-corrected chi connectivity index (χ3v) is 2.56. The number of nitrogens with one attached hydrogen (secondary N) is 1. The number of aliphatic carboxylic acids is 1. The third-order valence-electron chi connectivity index (χ3n) is 2.56. The quantitative estimate of drug-likeness (QED) is 0.805. The molecule has 0 bridgehead atoms. The lowest BCUT2D eigenvalue weighted by Gasteiger charge is -2.04. The smallest absolute Gasteiger partial charge is 0.304 e.